The van der Waals surface area contributed by atoms with Crippen molar-refractivity contribution in [3.05, 3.63) is 172 Å². The number of para-hydroxylation sites is 2. The van der Waals surface area contributed by atoms with Crippen LogP contribution in [0.5, 0.6) is 0 Å². The summed E-state index contributed by atoms with van der Waals surface area (Å²) in [4.78, 5) is 4.58. The molecule has 2 aromatic heterocycles. The van der Waals surface area contributed by atoms with Gasteiger partial charge in [0.05, 0.1) is 51.6 Å². The van der Waals surface area contributed by atoms with Crippen LogP contribution in [0.2, 0.25) is 0 Å². The molecule has 0 unspecified atom stereocenters. The molecule has 3 aliphatic rings. The minimum absolute atomic E-state index is 0.314. The molecule has 0 saturated carbocycles. The lowest BCUT2D eigenvalue weighted by Gasteiger charge is -2.45. The number of aromatic nitrogens is 2. The number of nitrogens with zero attached hydrogens (tertiary/aromatic N) is 4. The van der Waals surface area contributed by atoms with E-state index in [1.165, 1.54) is 44.5 Å². The second-order valence-corrected chi connectivity index (χ2v) is 21.1. The second kappa shape index (κ2) is 11.8. The van der Waals surface area contributed by atoms with Crippen LogP contribution in [0, 0.1) is 23.3 Å². The Morgan fingerprint density at radius 2 is 0.873 bits per heavy atom. The highest BCUT2D eigenvalue weighted by molar-refractivity contribution is 6.16. The summed E-state index contributed by atoms with van der Waals surface area (Å²) in [6.07, 6.45) is 0. The van der Waals surface area contributed by atoms with Gasteiger partial charge < -0.3 is 9.13 Å². The molecule has 2 heterocycles. The molecule has 9 aromatic rings. The van der Waals surface area contributed by atoms with E-state index in [1.807, 2.05) is 0 Å². The summed E-state index contributed by atoms with van der Waals surface area (Å²) in [5, 5.41) is 16.6. The first kappa shape index (κ1) is 37.8. The molecule has 4 nitrogen and oxygen atoms in total. The maximum Gasteiger partial charge on any atom is 0.230 e. The number of hydrogen-bond donors (Lipinski definition) is 0. The summed E-state index contributed by atoms with van der Waals surface area (Å²) in [5.41, 5.74) is 17.4. The van der Waals surface area contributed by atoms with E-state index in [0.29, 0.717) is 11.3 Å². The Labute approximate surface area is 369 Å². The Hall–Kier alpha value is -6.88. The third kappa shape index (κ3) is 4.17. The van der Waals surface area contributed by atoms with Crippen molar-refractivity contribution in [3.63, 3.8) is 0 Å². The number of hydrogen-bond acceptors (Lipinski definition) is 1. The summed E-state index contributed by atoms with van der Waals surface area (Å²) in [6, 6.07) is 47.0. The van der Waals surface area contributed by atoms with Gasteiger partial charge in [-0.1, -0.05) is 178 Å². The Morgan fingerprint density at radius 3 is 1.33 bits per heavy atom. The van der Waals surface area contributed by atoms with Crippen LogP contribution < -0.4 is 0 Å². The Morgan fingerprint density at radius 1 is 0.460 bits per heavy atom. The molecule has 0 spiro atoms. The zero-order valence-electron chi connectivity index (χ0n) is 37.8. The van der Waals surface area contributed by atoms with Crippen LogP contribution in [-0.2, 0) is 21.7 Å². The normalized spacial score (nSPS) is 17.7. The van der Waals surface area contributed by atoms with Gasteiger partial charge in [-0.15, -0.1) is 0 Å². The van der Waals surface area contributed by atoms with E-state index in [4.69, 9.17) is 0 Å². The molecule has 0 N–H and O–H groups in total. The van der Waals surface area contributed by atoms with Crippen LogP contribution in [0.15, 0.2) is 121 Å². The van der Waals surface area contributed by atoms with Gasteiger partial charge in [0.1, 0.15) is 0 Å². The topological polar surface area (TPSA) is 38.0 Å². The van der Waals surface area contributed by atoms with Crippen molar-refractivity contribution in [2.45, 2.75) is 90.9 Å². The monoisotopic (exact) mass is 814 g/mol. The maximum absolute atomic E-state index is 12.0. The summed E-state index contributed by atoms with van der Waals surface area (Å²) >= 11 is 0. The standard InChI is InChI=1S/C59H50N4/c1-55(2)42-24-16-12-20-33(42)37-28-30-39-35-22-14-18-26-44(35)62(51(39)46(37)55)53-41(32-60)50(61-11)54(49-48(53)57(5,6)59(9,10)58(49,7)8)63-45-27-19-15-23-36(45)40-31-29-38-34-21-13-17-25-43(34)56(3,4)47(38)52(40)63/h12-31H,1-10H3. The smallest absolute Gasteiger partial charge is 0.230 e. The van der Waals surface area contributed by atoms with Crippen LogP contribution in [0.25, 0.3) is 82.1 Å². The quantitative estimate of drug-likeness (QED) is 0.160. The molecule has 0 fully saturated rings. The Balaban J connectivity index is 1.33. The highest BCUT2D eigenvalue weighted by atomic mass is 15.1. The number of nitriles is 1. The third-order valence-electron chi connectivity index (χ3n) is 17.2. The van der Waals surface area contributed by atoms with Gasteiger partial charge in [-0.3, -0.25) is 0 Å². The molecule has 12 rings (SSSR count). The first-order valence-corrected chi connectivity index (χ1v) is 22.4. The SMILES string of the molecule is [C-]#[N+]c1c(C#N)c(-n2c3ccccc3c3ccc4c(c32)C(C)(C)c2ccccc2-4)c2c(c1-n1c3ccccc3c3ccc4c(c31)C(C)(C)c1ccccc1-4)C(C)(C)C(C)(C)C2(C)C. The van der Waals surface area contributed by atoms with Gasteiger partial charge in [-0.25, -0.2) is 4.85 Å². The van der Waals surface area contributed by atoms with Crippen molar-refractivity contribution in [2.24, 2.45) is 5.41 Å². The third-order valence-corrected chi connectivity index (χ3v) is 17.2. The fourth-order valence-electron chi connectivity index (χ4n) is 13.1. The molecular formula is C59H50N4. The van der Waals surface area contributed by atoms with E-state index in [-0.39, 0.29) is 16.2 Å². The molecule has 3 aliphatic carbocycles. The van der Waals surface area contributed by atoms with Crippen molar-refractivity contribution in [3.8, 4) is 39.7 Å². The molecule has 63 heavy (non-hydrogen) atoms. The average Bonchev–Trinajstić information content (AvgIpc) is 3.95. The van der Waals surface area contributed by atoms with Crippen molar-refractivity contribution in [2.75, 3.05) is 0 Å². The van der Waals surface area contributed by atoms with Crippen LogP contribution >= 0.6 is 0 Å². The predicted molar refractivity (Wildman–Crippen MR) is 261 cm³/mol. The lowest BCUT2D eigenvalue weighted by Crippen LogP contribution is -2.42. The van der Waals surface area contributed by atoms with Gasteiger partial charge in [0, 0.05) is 32.4 Å². The molecule has 7 aromatic carbocycles. The summed E-state index contributed by atoms with van der Waals surface area (Å²) in [6.45, 7) is 33.1. The van der Waals surface area contributed by atoms with Crippen molar-refractivity contribution < 1.29 is 0 Å². The van der Waals surface area contributed by atoms with Crippen LogP contribution in [0.3, 0.4) is 0 Å². The van der Waals surface area contributed by atoms with Gasteiger partial charge in [-0.05, 0) is 84.0 Å². The van der Waals surface area contributed by atoms with Crippen LogP contribution in [0.4, 0.5) is 5.69 Å². The highest BCUT2D eigenvalue weighted by Gasteiger charge is 2.60. The molecule has 0 bridgehead atoms. The van der Waals surface area contributed by atoms with E-state index >= 15 is 0 Å². The van der Waals surface area contributed by atoms with E-state index in [1.54, 1.807) is 0 Å². The largest absolute Gasteiger partial charge is 0.318 e. The van der Waals surface area contributed by atoms with Gasteiger partial charge in [0.25, 0.3) is 0 Å². The predicted octanol–water partition coefficient (Wildman–Crippen LogP) is 15.5. The molecule has 0 atom stereocenters. The summed E-state index contributed by atoms with van der Waals surface area (Å²) < 4.78 is 4.85. The van der Waals surface area contributed by atoms with E-state index in [2.05, 4.69) is 211 Å². The van der Waals surface area contributed by atoms with Crippen molar-refractivity contribution >= 4 is 49.3 Å². The lowest BCUT2D eigenvalue weighted by atomic mass is 9.59. The lowest BCUT2D eigenvalue weighted by molar-refractivity contribution is 0.125. The molecule has 0 saturated heterocycles. The Bertz CT molecular complexity index is 3430. The fourth-order valence-corrected chi connectivity index (χ4v) is 13.1. The average molecular weight is 815 g/mol. The molecule has 0 amide bonds. The van der Waals surface area contributed by atoms with Gasteiger partial charge in [0.15, 0.2) is 0 Å². The van der Waals surface area contributed by atoms with Gasteiger partial charge >= 0.3 is 0 Å². The fraction of sp³-hybridized carbons (Fsp3) is 0.254. The first-order valence-electron chi connectivity index (χ1n) is 22.4. The maximum atomic E-state index is 12.0. The second-order valence-electron chi connectivity index (χ2n) is 21.1. The molecule has 306 valence electrons. The first-order chi connectivity index (χ1) is 30.0. The highest BCUT2D eigenvalue weighted by Crippen LogP contribution is 2.67. The number of rotatable bonds is 2. The van der Waals surface area contributed by atoms with Crippen LogP contribution in [0.1, 0.15) is 108 Å². The van der Waals surface area contributed by atoms with Gasteiger partial charge in [-0.2, -0.15) is 5.26 Å². The van der Waals surface area contributed by atoms with Gasteiger partial charge in [0.2, 0.25) is 5.69 Å². The molecule has 4 heteroatoms. The van der Waals surface area contributed by atoms with E-state index < -0.39 is 10.8 Å². The minimum atomic E-state index is -0.452. The van der Waals surface area contributed by atoms with Crippen LogP contribution in [-0.4, -0.2) is 9.13 Å². The van der Waals surface area contributed by atoms with Crippen molar-refractivity contribution in [1.82, 2.24) is 9.13 Å². The van der Waals surface area contributed by atoms with E-state index in [0.717, 1.165) is 66.1 Å². The number of fused-ring (bicyclic) bond motifs is 15. The molecule has 0 aliphatic heterocycles. The minimum Gasteiger partial charge on any atom is -0.318 e. The summed E-state index contributed by atoms with van der Waals surface area (Å²) in [5.74, 6) is 0. The zero-order chi connectivity index (χ0) is 43.9. The molecular weight excluding hydrogens is 765 g/mol. The van der Waals surface area contributed by atoms with Crippen molar-refractivity contribution in [1.29, 1.82) is 5.26 Å². The van der Waals surface area contributed by atoms with E-state index in [9.17, 15) is 11.8 Å². The zero-order valence-corrected chi connectivity index (χ0v) is 37.8. The number of benzene rings is 7. The Kier molecular flexibility index (Phi) is 7.07. The summed E-state index contributed by atoms with van der Waals surface area (Å²) in [7, 11) is 0. The molecule has 0 radical (unpaired) electrons.